The van der Waals surface area contributed by atoms with Crippen molar-refractivity contribution in [3.05, 3.63) is 56.7 Å². The summed E-state index contributed by atoms with van der Waals surface area (Å²) >= 11 is 4.93. The van der Waals surface area contributed by atoms with E-state index in [1.807, 2.05) is 11.4 Å². The Hall–Kier alpha value is -1.92. The number of carbonyl (C=O) groups is 2. The van der Waals surface area contributed by atoms with Gasteiger partial charge in [-0.1, -0.05) is 0 Å². The molecular formula is C17H15BrO4S. The molecule has 0 amide bonds. The van der Waals surface area contributed by atoms with Gasteiger partial charge >= 0.3 is 5.97 Å². The van der Waals surface area contributed by atoms with Gasteiger partial charge in [0.05, 0.1) is 6.61 Å². The lowest BCUT2D eigenvalue weighted by molar-refractivity contribution is -0.137. The molecule has 1 heterocycles. The number of thiophene rings is 1. The van der Waals surface area contributed by atoms with Gasteiger partial charge in [0, 0.05) is 26.7 Å². The normalized spacial score (nSPS) is 10.8. The van der Waals surface area contributed by atoms with E-state index in [2.05, 4.69) is 15.9 Å². The third kappa shape index (κ3) is 6.00. The van der Waals surface area contributed by atoms with Crippen molar-refractivity contribution in [1.82, 2.24) is 0 Å². The van der Waals surface area contributed by atoms with Gasteiger partial charge in [0.2, 0.25) is 0 Å². The van der Waals surface area contributed by atoms with Crippen LogP contribution in [0.5, 0.6) is 5.75 Å². The van der Waals surface area contributed by atoms with E-state index in [4.69, 9.17) is 9.84 Å². The highest BCUT2D eigenvalue weighted by Gasteiger charge is 2.03. The van der Waals surface area contributed by atoms with E-state index < -0.39 is 5.97 Å². The highest BCUT2D eigenvalue weighted by atomic mass is 79.9. The number of ether oxygens (including phenoxy) is 1. The van der Waals surface area contributed by atoms with Gasteiger partial charge < -0.3 is 9.84 Å². The van der Waals surface area contributed by atoms with E-state index in [0.29, 0.717) is 24.3 Å². The number of carboxylic acids is 1. The molecule has 23 heavy (non-hydrogen) atoms. The molecule has 0 aliphatic carbocycles. The highest BCUT2D eigenvalue weighted by molar-refractivity contribution is 9.10. The minimum absolute atomic E-state index is 0.0769. The first-order valence-corrected chi connectivity index (χ1v) is 8.63. The van der Waals surface area contributed by atoms with Crippen molar-refractivity contribution in [3.8, 4) is 5.75 Å². The molecule has 2 rings (SSSR count). The number of ketones is 1. The third-order valence-electron chi connectivity index (χ3n) is 2.93. The maximum absolute atomic E-state index is 12.1. The number of carboxylic acid groups (broad SMARTS) is 1. The third-order valence-corrected chi connectivity index (χ3v) is 4.59. The maximum Gasteiger partial charge on any atom is 0.303 e. The minimum Gasteiger partial charge on any atom is -0.494 e. The van der Waals surface area contributed by atoms with Crippen LogP contribution in [0.1, 0.15) is 28.1 Å². The van der Waals surface area contributed by atoms with Crippen LogP contribution in [0.3, 0.4) is 0 Å². The van der Waals surface area contributed by atoms with Gasteiger partial charge in [-0.25, -0.2) is 0 Å². The summed E-state index contributed by atoms with van der Waals surface area (Å²) in [6, 6.07) is 8.77. The lowest BCUT2D eigenvalue weighted by Gasteiger charge is -2.05. The highest BCUT2D eigenvalue weighted by Crippen LogP contribution is 2.21. The van der Waals surface area contributed by atoms with E-state index in [0.717, 1.165) is 9.35 Å². The first kappa shape index (κ1) is 17.4. The Labute approximate surface area is 146 Å². The second kappa shape index (κ2) is 8.64. The van der Waals surface area contributed by atoms with Gasteiger partial charge in [0.15, 0.2) is 5.78 Å². The molecule has 2 aromatic rings. The van der Waals surface area contributed by atoms with E-state index in [-0.39, 0.29) is 12.2 Å². The lowest BCUT2D eigenvalue weighted by atomic mass is 10.1. The van der Waals surface area contributed by atoms with Gasteiger partial charge in [-0.05, 0) is 64.8 Å². The predicted octanol–water partition coefficient (Wildman–Crippen LogP) is 4.65. The number of hydrogen-bond acceptors (Lipinski definition) is 4. The molecular weight excluding hydrogens is 380 g/mol. The van der Waals surface area contributed by atoms with Crippen LogP contribution in [0.2, 0.25) is 0 Å². The monoisotopic (exact) mass is 394 g/mol. The zero-order chi connectivity index (χ0) is 16.7. The largest absolute Gasteiger partial charge is 0.494 e. The van der Waals surface area contributed by atoms with E-state index in [1.165, 1.54) is 0 Å². The van der Waals surface area contributed by atoms with Crippen LogP contribution in [0.25, 0.3) is 6.08 Å². The smallest absolute Gasteiger partial charge is 0.303 e. The molecule has 0 unspecified atom stereocenters. The van der Waals surface area contributed by atoms with Crippen molar-refractivity contribution < 1.29 is 19.4 Å². The van der Waals surface area contributed by atoms with Gasteiger partial charge in [-0.15, -0.1) is 11.3 Å². The molecule has 4 nitrogen and oxygen atoms in total. The summed E-state index contributed by atoms with van der Waals surface area (Å²) in [6.45, 7) is 0.340. The minimum atomic E-state index is -0.834. The maximum atomic E-state index is 12.1. The Morgan fingerprint density at radius 2 is 2.00 bits per heavy atom. The van der Waals surface area contributed by atoms with Crippen LogP contribution in [-0.2, 0) is 4.79 Å². The Balaban J connectivity index is 1.87. The van der Waals surface area contributed by atoms with Gasteiger partial charge in [-0.2, -0.15) is 0 Å². The second-order valence-corrected chi connectivity index (χ2v) is 6.59. The summed E-state index contributed by atoms with van der Waals surface area (Å²) in [6.07, 6.45) is 3.87. The number of benzene rings is 1. The fourth-order valence-electron chi connectivity index (χ4n) is 1.80. The molecule has 1 aromatic heterocycles. The van der Waals surface area contributed by atoms with Crippen LogP contribution in [0.4, 0.5) is 0 Å². The molecule has 0 atom stereocenters. The summed E-state index contributed by atoms with van der Waals surface area (Å²) in [5, 5.41) is 10.5. The van der Waals surface area contributed by atoms with Crippen LogP contribution in [-0.4, -0.2) is 23.5 Å². The van der Waals surface area contributed by atoms with Crippen molar-refractivity contribution in [2.45, 2.75) is 12.8 Å². The van der Waals surface area contributed by atoms with Crippen LogP contribution in [0, 0.1) is 0 Å². The average molecular weight is 395 g/mol. The van der Waals surface area contributed by atoms with Crippen LogP contribution < -0.4 is 4.74 Å². The molecule has 0 radical (unpaired) electrons. The summed E-state index contributed by atoms with van der Waals surface area (Å²) in [4.78, 5) is 23.5. The zero-order valence-electron chi connectivity index (χ0n) is 12.2. The number of rotatable bonds is 8. The summed E-state index contributed by atoms with van der Waals surface area (Å²) in [5.74, 6) is -0.288. The van der Waals surface area contributed by atoms with Crippen molar-refractivity contribution >= 4 is 45.1 Å². The zero-order valence-corrected chi connectivity index (χ0v) is 14.6. The molecule has 0 bridgehead atoms. The number of aliphatic carboxylic acids is 1. The van der Waals surface area contributed by atoms with Crippen LogP contribution >= 0.6 is 27.3 Å². The molecule has 1 N–H and O–H groups in total. The van der Waals surface area contributed by atoms with Crippen molar-refractivity contribution in [2.24, 2.45) is 0 Å². The predicted molar refractivity (Wildman–Crippen MR) is 94.2 cm³/mol. The molecule has 0 aliphatic rings. The van der Waals surface area contributed by atoms with Crippen LogP contribution in [0.15, 0.2) is 46.3 Å². The Morgan fingerprint density at radius 3 is 2.61 bits per heavy atom. The fraction of sp³-hybridized carbons (Fsp3) is 0.176. The van der Waals surface area contributed by atoms with Crippen molar-refractivity contribution in [2.75, 3.05) is 6.61 Å². The first-order chi connectivity index (χ1) is 11.0. The molecule has 120 valence electrons. The van der Waals surface area contributed by atoms with Gasteiger partial charge in [-0.3, -0.25) is 9.59 Å². The topological polar surface area (TPSA) is 63.6 Å². The Bertz CT molecular complexity index is 704. The van der Waals surface area contributed by atoms with Gasteiger partial charge in [0.25, 0.3) is 0 Å². The van der Waals surface area contributed by atoms with E-state index >= 15 is 0 Å². The van der Waals surface area contributed by atoms with Crippen molar-refractivity contribution in [1.29, 1.82) is 0 Å². The second-order valence-electron chi connectivity index (χ2n) is 4.74. The molecule has 0 saturated heterocycles. The molecule has 1 aromatic carbocycles. The summed E-state index contributed by atoms with van der Waals surface area (Å²) < 4.78 is 6.43. The molecule has 0 fully saturated rings. The quantitative estimate of drug-likeness (QED) is 0.402. The Morgan fingerprint density at radius 1 is 1.26 bits per heavy atom. The number of carbonyl (C=O) groups excluding carboxylic acids is 1. The molecule has 0 saturated carbocycles. The number of allylic oxidation sites excluding steroid dienone is 1. The summed E-state index contributed by atoms with van der Waals surface area (Å²) in [5.41, 5.74) is 0.578. The lowest BCUT2D eigenvalue weighted by Crippen LogP contribution is -2.02. The van der Waals surface area contributed by atoms with Crippen molar-refractivity contribution in [3.63, 3.8) is 0 Å². The molecule has 0 aliphatic heterocycles. The number of hydrogen-bond donors (Lipinski definition) is 1. The SMILES string of the molecule is O=C(O)CCCOc1ccc(C(=O)/C=C/c2cc(Br)cs2)cc1. The number of halogens is 1. The van der Waals surface area contributed by atoms with E-state index in [1.54, 1.807) is 47.8 Å². The first-order valence-electron chi connectivity index (χ1n) is 6.96. The molecule has 6 heteroatoms. The summed E-state index contributed by atoms with van der Waals surface area (Å²) in [7, 11) is 0. The molecule has 0 spiro atoms. The standard InChI is InChI=1S/C17H15BrO4S/c18-13-10-15(23-11-13)7-8-16(19)12-3-5-14(6-4-12)22-9-1-2-17(20)21/h3-8,10-11H,1-2,9H2,(H,20,21)/b8-7+. The Kier molecular flexibility index (Phi) is 6.55. The fourth-order valence-corrected chi connectivity index (χ4v) is 3.14. The average Bonchev–Trinajstić information content (AvgIpc) is 2.95. The van der Waals surface area contributed by atoms with Gasteiger partial charge in [0.1, 0.15) is 5.75 Å². The van der Waals surface area contributed by atoms with E-state index in [9.17, 15) is 9.59 Å².